The van der Waals surface area contributed by atoms with Gasteiger partial charge >= 0.3 is 0 Å². The Balaban J connectivity index is 1.07. The Bertz CT molecular complexity index is 1980. The van der Waals surface area contributed by atoms with Crippen molar-refractivity contribution in [2.24, 2.45) is 41.4 Å². The molecule has 6 aliphatic rings. The minimum atomic E-state index is 0.373. The molecule has 0 heterocycles. The maximum absolute atomic E-state index is 4.10. The summed E-state index contributed by atoms with van der Waals surface area (Å²) in [7, 11) is 0. The quantitative estimate of drug-likeness (QED) is 0.169. The lowest BCUT2D eigenvalue weighted by Crippen LogP contribution is -2.46. The van der Waals surface area contributed by atoms with Gasteiger partial charge in [0.25, 0.3) is 0 Å². The fourth-order valence-electron chi connectivity index (χ4n) is 12.0. The van der Waals surface area contributed by atoms with Gasteiger partial charge in [-0.1, -0.05) is 161 Å². The molecular formula is C55H67N. The van der Waals surface area contributed by atoms with E-state index in [1.54, 1.807) is 0 Å². The van der Waals surface area contributed by atoms with E-state index >= 15 is 0 Å². The molecule has 1 heteroatoms. The molecule has 292 valence electrons. The molecule has 0 saturated heterocycles. The van der Waals surface area contributed by atoms with E-state index in [0.29, 0.717) is 29.7 Å². The Morgan fingerprint density at radius 1 is 0.911 bits per heavy atom. The van der Waals surface area contributed by atoms with Gasteiger partial charge in [0.2, 0.25) is 0 Å². The first-order valence-corrected chi connectivity index (χ1v) is 22.6. The summed E-state index contributed by atoms with van der Waals surface area (Å²) in [4.78, 5) is 0. The van der Waals surface area contributed by atoms with Gasteiger partial charge in [0.05, 0.1) is 0 Å². The molecular weight excluding hydrogens is 675 g/mol. The summed E-state index contributed by atoms with van der Waals surface area (Å²) >= 11 is 0. The number of hydrogen-bond acceptors (Lipinski definition) is 1. The summed E-state index contributed by atoms with van der Waals surface area (Å²) in [5, 5.41) is 4.10. The average Bonchev–Trinajstić information content (AvgIpc) is 4.04. The van der Waals surface area contributed by atoms with Crippen LogP contribution in [0, 0.1) is 53.3 Å². The molecule has 2 aromatic rings. The standard InChI is InChI=1S/C55H67N/c1-6-7-24-49-40(5)48-25-12-9-13-27-51(48)52-32-30-44(36-53(49)52)42-22-17-23-45(34-42)50-26-14-15-28-54(55(50)47-31-29-43-35-46(43)33-38(47)3)56-39(4)19-16-18-37(2)41-20-10-8-11-21-41/h6-8,10-11,14-15,17,20-24,26,33-34,37,39-40,43-44,48-49,51-53,56H,1,9,12-13,16,18-19,25,27-28,30,32,35-36H2,2-5H3/b24-7-/t37?,39?,40?,43?,44?,48?,49-,51?,52?,53?/m0/s1. The van der Waals surface area contributed by atoms with E-state index in [2.05, 4.69) is 142 Å². The number of fused-ring (bicyclic) bond motifs is 4. The van der Waals surface area contributed by atoms with E-state index in [1.165, 1.54) is 114 Å². The summed E-state index contributed by atoms with van der Waals surface area (Å²) in [5.74, 6) is 13.9. The highest BCUT2D eigenvalue weighted by Crippen LogP contribution is 2.58. The first kappa shape index (κ1) is 38.8. The first-order chi connectivity index (χ1) is 27.4. The maximum Gasteiger partial charge on any atom is 0.0457 e. The summed E-state index contributed by atoms with van der Waals surface area (Å²) in [6.45, 7) is 13.7. The molecule has 56 heavy (non-hydrogen) atoms. The predicted molar refractivity (Wildman–Crippen MR) is 239 cm³/mol. The lowest BCUT2D eigenvalue weighted by molar-refractivity contribution is -0.0256. The highest BCUT2D eigenvalue weighted by atomic mass is 14.9. The Kier molecular flexibility index (Phi) is 12.2. The summed E-state index contributed by atoms with van der Waals surface area (Å²) in [5.41, 5.74) is 12.3. The lowest BCUT2D eigenvalue weighted by atomic mass is 9.51. The van der Waals surface area contributed by atoms with Gasteiger partial charge in [0.1, 0.15) is 0 Å². The molecule has 0 aromatic heterocycles. The molecule has 1 N–H and O–H groups in total. The van der Waals surface area contributed by atoms with Gasteiger partial charge in [0.15, 0.2) is 0 Å². The zero-order chi connectivity index (χ0) is 38.6. The molecule has 4 fully saturated rings. The highest BCUT2D eigenvalue weighted by molar-refractivity contribution is 5.89. The average molecular weight is 742 g/mol. The van der Waals surface area contributed by atoms with Crippen molar-refractivity contribution in [2.75, 3.05) is 0 Å². The Hall–Kier alpha value is -4.02. The van der Waals surface area contributed by atoms with Gasteiger partial charge in [-0.05, 0) is 140 Å². The van der Waals surface area contributed by atoms with Crippen LogP contribution < -0.4 is 5.32 Å². The van der Waals surface area contributed by atoms with Crippen LogP contribution in [0.25, 0.3) is 5.57 Å². The van der Waals surface area contributed by atoms with Crippen molar-refractivity contribution in [3.8, 4) is 11.8 Å². The molecule has 0 bridgehead atoms. The van der Waals surface area contributed by atoms with Gasteiger partial charge in [-0.25, -0.2) is 0 Å². The smallest absolute Gasteiger partial charge is 0.0457 e. The van der Waals surface area contributed by atoms with Gasteiger partial charge in [-0.15, -0.1) is 0 Å². The second-order valence-corrected chi connectivity index (χ2v) is 18.6. The largest absolute Gasteiger partial charge is 0.385 e. The van der Waals surface area contributed by atoms with Crippen molar-refractivity contribution < 1.29 is 0 Å². The van der Waals surface area contributed by atoms with Crippen LogP contribution in [0.4, 0.5) is 0 Å². The molecule has 0 spiro atoms. The topological polar surface area (TPSA) is 12.0 Å². The predicted octanol–water partition coefficient (Wildman–Crippen LogP) is 14.2. The van der Waals surface area contributed by atoms with Crippen LogP contribution in [0.2, 0.25) is 0 Å². The molecule has 8 rings (SSSR count). The fraction of sp³-hybridized carbons (Fsp3) is 0.491. The van der Waals surface area contributed by atoms with Gasteiger partial charge < -0.3 is 5.32 Å². The molecule has 10 atom stereocenters. The third kappa shape index (κ3) is 8.47. The number of rotatable bonds is 12. The van der Waals surface area contributed by atoms with Gasteiger partial charge in [0, 0.05) is 35.2 Å². The minimum Gasteiger partial charge on any atom is -0.385 e. The van der Waals surface area contributed by atoms with E-state index in [9.17, 15) is 0 Å². The van der Waals surface area contributed by atoms with E-state index < -0.39 is 0 Å². The Morgan fingerprint density at radius 3 is 2.57 bits per heavy atom. The molecule has 2 aromatic carbocycles. The van der Waals surface area contributed by atoms with Crippen molar-refractivity contribution in [3.63, 3.8) is 0 Å². The van der Waals surface area contributed by atoms with Crippen LogP contribution in [-0.4, -0.2) is 6.04 Å². The van der Waals surface area contributed by atoms with E-state index in [1.807, 2.05) is 6.08 Å². The molecule has 0 amide bonds. The molecule has 9 unspecified atom stereocenters. The third-order valence-corrected chi connectivity index (χ3v) is 15.0. The van der Waals surface area contributed by atoms with E-state index in [0.717, 1.165) is 48.9 Å². The Labute approximate surface area is 340 Å². The minimum absolute atomic E-state index is 0.373. The number of allylic oxidation sites excluding steroid dienone is 12. The molecule has 0 aliphatic heterocycles. The first-order valence-electron chi connectivity index (χ1n) is 22.6. The van der Waals surface area contributed by atoms with Crippen molar-refractivity contribution in [1.29, 1.82) is 0 Å². The normalized spacial score (nSPS) is 30.9. The SMILES string of the molecule is C=C/C=C\[C@H]1C(C)C2CCCCCC2C2CCC(c3cccc(C4=CC=CCC(NC(C)CCCC(C)c5ccccc5)=C4C4=C(C)C=C5CC5C#C4)c3)CC21. The zero-order valence-corrected chi connectivity index (χ0v) is 34.9. The van der Waals surface area contributed by atoms with Crippen LogP contribution >= 0.6 is 0 Å². The number of hydrogen-bond donors (Lipinski definition) is 1. The fourth-order valence-corrected chi connectivity index (χ4v) is 12.0. The Morgan fingerprint density at radius 2 is 1.73 bits per heavy atom. The molecule has 6 aliphatic carbocycles. The van der Waals surface area contributed by atoms with Crippen molar-refractivity contribution >= 4 is 5.57 Å². The van der Waals surface area contributed by atoms with Crippen LogP contribution in [0.1, 0.15) is 140 Å². The van der Waals surface area contributed by atoms with Crippen LogP contribution in [0.5, 0.6) is 0 Å². The molecule has 0 radical (unpaired) electrons. The molecule has 4 saturated carbocycles. The lowest BCUT2D eigenvalue weighted by Gasteiger charge is -2.54. The van der Waals surface area contributed by atoms with Crippen molar-refractivity contribution in [2.45, 2.75) is 129 Å². The van der Waals surface area contributed by atoms with Crippen LogP contribution in [0.15, 0.2) is 132 Å². The second kappa shape index (κ2) is 17.6. The second-order valence-electron chi connectivity index (χ2n) is 18.6. The van der Waals surface area contributed by atoms with Gasteiger partial charge in [-0.3, -0.25) is 0 Å². The van der Waals surface area contributed by atoms with E-state index in [4.69, 9.17) is 0 Å². The molecule has 1 nitrogen and oxygen atoms in total. The summed E-state index contributed by atoms with van der Waals surface area (Å²) in [6, 6.07) is 21.1. The number of benzene rings is 2. The summed E-state index contributed by atoms with van der Waals surface area (Å²) < 4.78 is 0. The highest BCUT2D eigenvalue weighted by Gasteiger charge is 2.49. The third-order valence-electron chi connectivity index (χ3n) is 15.0. The summed E-state index contributed by atoms with van der Waals surface area (Å²) in [6.07, 6.45) is 33.1. The monoisotopic (exact) mass is 742 g/mol. The van der Waals surface area contributed by atoms with E-state index in [-0.39, 0.29) is 0 Å². The van der Waals surface area contributed by atoms with Gasteiger partial charge in [-0.2, -0.15) is 0 Å². The van der Waals surface area contributed by atoms with Crippen molar-refractivity contribution in [3.05, 3.63) is 148 Å². The van der Waals surface area contributed by atoms with Crippen LogP contribution in [0.3, 0.4) is 0 Å². The zero-order valence-electron chi connectivity index (χ0n) is 34.9. The number of nitrogens with one attached hydrogen (secondary N) is 1. The van der Waals surface area contributed by atoms with Crippen molar-refractivity contribution in [1.82, 2.24) is 5.32 Å². The van der Waals surface area contributed by atoms with Crippen LogP contribution in [-0.2, 0) is 0 Å². The maximum atomic E-state index is 4.10.